The predicted octanol–water partition coefficient (Wildman–Crippen LogP) is 9.06. The molecule has 5 unspecified atom stereocenters. The molecular weight excluding hydrogens is 882 g/mol. The molecule has 0 aromatic carbocycles. The number of allylic oxidation sites excluding steroid dienone is 10. The number of phosphoric acid groups is 2. The number of carbonyl (C=O) groups excluding carboxylic acids is 2. The van der Waals surface area contributed by atoms with Crippen molar-refractivity contribution in [1.29, 1.82) is 0 Å². The first-order valence-corrected chi connectivity index (χ1v) is 26.9. The summed E-state index contributed by atoms with van der Waals surface area (Å²) < 4.78 is 49.3. The number of carbonyl (C=O) groups is 2. The fourth-order valence-electron chi connectivity index (χ4n) is 6.84. The zero-order chi connectivity index (χ0) is 48.2. The highest BCUT2D eigenvalue weighted by molar-refractivity contribution is 7.47. The van der Waals surface area contributed by atoms with Gasteiger partial charge in [0.05, 0.1) is 6.61 Å². The van der Waals surface area contributed by atoms with Crippen LogP contribution in [-0.4, -0.2) is 103 Å². The standard InChI is InChI=1S/C47H82O16P2/c1-3-5-7-9-11-13-15-17-19-20-22-24-26-28-30-32-34-36-41(49)61-39(37-59-40(48)35-33-31-29-27-25-23-21-18-16-14-12-10-8-6-4-2)38-60-65(57,58)63-47-44(52)42(50)43(51)46(45(47)53)62-64(54,55)56/h12,14,17-19,21-22,24,28,30,39,42-47,50-53H,3-11,13,15-16,20,23,25-27,29,31-38H2,1-2H3,(H,57,58)(H2,54,55,56)/t39-,42?,43?,44?,45?,46-,47+/m1/s1. The Hall–Kier alpha value is -2.30. The first-order valence-electron chi connectivity index (χ1n) is 23.8. The number of aliphatic hydroxyl groups excluding tert-OH is 4. The van der Waals surface area contributed by atoms with Gasteiger partial charge in [-0.25, -0.2) is 9.13 Å². The van der Waals surface area contributed by atoms with Gasteiger partial charge in [0, 0.05) is 12.8 Å². The summed E-state index contributed by atoms with van der Waals surface area (Å²) in [6.45, 7) is 3.02. The Morgan fingerprint density at radius 3 is 1.43 bits per heavy atom. The Balaban J connectivity index is 2.65. The second kappa shape index (κ2) is 37.7. The summed E-state index contributed by atoms with van der Waals surface area (Å²) in [5, 5.41) is 41.2. The maximum Gasteiger partial charge on any atom is 0.472 e. The lowest BCUT2D eigenvalue weighted by atomic mass is 9.85. The third-order valence-corrected chi connectivity index (χ3v) is 12.1. The van der Waals surface area contributed by atoms with Gasteiger partial charge >= 0.3 is 27.6 Å². The molecule has 0 heterocycles. The molecule has 1 aliphatic rings. The highest BCUT2D eigenvalue weighted by Gasteiger charge is 2.54. The van der Waals surface area contributed by atoms with E-state index in [-0.39, 0.29) is 12.8 Å². The van der Waals surface area contributed by atoms with E-state index in [4.69, 9.17) is 18.5 Å². The van der Waals surface area contributed by atoms with E-state index in [1.54, 1.807) is 0 Å². The van der Waals surface area contributed by atoms with Crippen molar-refractivity contribution in [2.24, 2.45) is 0 Å². The highest BCUT2D eigenvalue weighted by atomic mass is 31.2. The normalized spacial score (nSPS) is 22.2. The summed E-state index contributed by atoms with van der Waals surface area (Å²) >= 11 is 0. The van der Waals surface area contributed by atoms with Crippen LogP contribution in [0.5, 0.6) is 0 Å². The fraction of sp³-hybridized carbons (Fsp3) is 0.745. The van der Waals surface area contributed by atoms with Gasteiger partial charge in [-0.05, 0) is 77.0 Å². The minimum atomic E-state index is -5.37. The van der Waals surface area contributed by atoms with Crippen LogP contribution in [0.3, 0.4) is 0 Å². The van der Waals surface area contributed by atoms with E-state index in [2.05, 4.69) is 67.0 Å². The van der Waals surface area contributed by atoms with Gasteiger partial charge in [0.2, 0.25) is 0 Å². The van der Waals surface area contributed by atoms with E-state index in [1.807, 2.05) is 12.2 Å². The van der Waals surface area contributed by atoms with Crippen LogP contribution in [0.1, 0.15) is 168 Å². The fourth-order valence-corrected chi connectivity index (χ4v) is 8.37. The smallest absolute Gasteiger partial charge is 0.462 e. The summed E-state index contributed by atoms with van der Waals surface area (Å²) in [7, 11) is -10.7. The number of phosphoric ester groups is 2. The summed E-state index contributed by atoms with van der Waals surface area (Å²) in [6, 6.07) is 0. The van der Waals surface area contributed by atoms with E-state index in [0.717, 1.165) is 64.2 Å². The van der Waals surface area contributed by atoms with Crippen molar-refractivity contribution in [2.45, 2.75) is 211 Å². The van der Waals surface area contributed by atoms with Crippen molar-refractivity contribution in [3.8, 4) is 0 Å². The van der Waals surface area contributed by atoms with Gasteiger partial charge in [0.25, 0.3) is 0 Å². The molecule has 65 heavy (non-hydrogen) atoms. The largest absolute Gasteiger partial charge is 0.472 e. The number of ether oxygens (including phenoxy) is 2. The quantitative estimate of drug-likeness (QED) is 0.0131. The van der Waals surface area contributed by atoms with Crippen LogP contribution >= 0.6 is 15.6 Å². The zero-order valence-electron chi connectivity index (χ0n) is 38.9. The van der Waals surface area contributed by atoms with Crippen molar-refractivity contribution in [3.63, 3.8) is 0 Å². The van der Waals surface area contributed by atoms with E-state index in [9.17, 15) is 53.8 Å². The molecular formula is C47H82O16P2. The number of hydrogen-bond donors (Lipinski definition) is 7. The molecule has 7 N–H and O–H groups in total. The van der Waals surface area contributed by atoms with Crippen LogP contribution in [0.15, 0.2) is 60.8 Å². The third kappa shape index (κ3) is 32.2. The molecule has 1 aliphatic carbocycles. The van der Waals surface area contributed by atoms with Crippen molar-refractivity contribution in [2.75, 3.05) is 13.2 Å². The summed E-state index contributed by atoms with van der Waals surface area (Å²) in [4.78, 5) is 54.2. The van der Waals surface area contributed by atoms with Crippen LogP contribution in [-0.2, 0) is 41.8 Å². The molecule has 0 spiro atoms. The van der Waals surface area contributed by atoms with Crippen LogP contribution in [0.4, 0.5) is 0 Å². The van der Waals surface area contributed by atoms with Gasteiger partial charge in [-0.1, -0.05) is 139 Å². The van der Waals surface area contributed by atoms with Crippen LogP contribution in [0.2, 0.25) is 0 Å². The van der Waals surface area contributed by atoms with Crippen molar-refractivity contribution >= 4 is 27.6 Å². The Kier molecular flexibility index (Phi) is 35.2. The molecule has 0 radical (unpaired) electrons. The van der Waals surface area contributed by atoms with Crippen molar-refractivity contribution < 1.29 is 76.9 Å². The monoisotopic (exact) mass is 965 g/mol. The van der Waals surface area contributed by atoms with Crippen LogP contribution < -0.4 is 0 Å². The molecule has 0 aliphatic heterocycles. The summed E-state index contributed by atoms with van der Waals surface area (Å²) in [5.74, 6) is -1.29. The molecule has 0 bridgehead atoms. The molecule has 1 rings (SSSR count). The SMILES string of the molecule is CCCCCC=CCC=CCCCCCCCC(=O)OC[C@H](COP(=O)(O)O[C@H]1C(O)C(O)C(O)[C@@H](OP(=O)(O)O)C1O)OC(=O)CCCC=CCC=CCC=CCCCCCCCC. The maximum atomic E-state index is 13.0. The Morgan fingerprint density at radius 1 is 0.492 bits per heavy atom. The number of unbranched alkanes of at least 4 members (excludes halogenated alkanes) is 15. The summed E-state index contributed by atoms with van der Waals surface area (Å²) in [5.41, 5.74) is 0. The molecule has 0 amide bonds. The lowest BCUT2D eigenvalue weighted by molar-refractivity contribution is -0.216. The van der Waals surface area contributed by atoms with E-state index in [0.29, 0.717) is 19.3 Å². The van der Waals surface area contributed by atoms with Crippen molar-refractivity contribution in [1.82, 2.24) is 0 Å². The number of rotatable bonds is 39. The Morgan fingerprint density at radius 2 is 0.908 bits per heavy atom. The van der Waals surface area contributed by atoms with Crippen LogP contribution in [0.25, 0.3) is 0 Å². The number of aliphatic hydroxyl groups is 4. The number of esters is 2. The minimum absolute atomic E-state index is 0.0328. The van der Waals surface area contributed by atoms with Crippen molar-refractivity contribution in [3.05, 3.63) is 60.8 Å². The average molecular weight is 965 g/mol. The first-order chi connectivity index (χ1) is 31.1. The molecule has 1 fully saturated rings. The first kappa shape index (κ1) is 60.7. The van der Waals surface area contributed by atoms with Gasteiger partial charge in [0.1, 0.15) is 43.2 Å². The lowest BCUT2D eigenvalue weighted by Crippen LogP contribution is -2.64. The molecule has 376 valence electrons. The lowest BCUT2D eigenvalue weighted by Gasteiger charge is -2.43. The molecule has 18 heteroatoms. The Labute approximate surface area is 388 Å². The average Bonchev–Trinajstić information content (AvgIpc) is 3.26. The zero-order valence-corrected chi connectivity index (χ0v) is 40.7. The topological polar surface area (TPSA) is 256 Å². The second-order valence-electron chi connectivity index (χ2n) is 16.5. The van der Waals surface area contributed by atoms with Gasteiger partial charge in [0.15, 0.2) is 6.10 Å². The molecule has 1 saturated carbocycles. The number of hydrogen-bond acceptors (Lipinski definition) is 13. The Bertz CT molecular complexity index is 1490. The summed E-state index contributed by atoms with van der Waals surface area (Å²) in [6.07, 6.45) is 29.0. The molecule has 0 saturated heterocycles. The predicted molar refractivity (Wildman–Crippen MR) is 250 cm³/mol. The van der Waals surface area contributed by atoms with Gasteiger partial charge in [-0.2, -0.15) is 0 Å². The minimum Gasteiger partial charge on any atom is -0.462 e. The third-order valence-electron chi connectivity index (χ3n) is 10.6. The molecule has 0 aromatic rings. The van der Waals surface area contributed by atoms with Gasteiger partial charge in [-0.15, -0.1) is 0 Å². The van der Waals surface area contributed by atoms with E-state index < -0.39 is 83.5 Å². The van der Waals surface area contributed by atoms with E-state index in [1.165, 1.54) is 57.8 Å². The molecule has 0 aromatic heterocycles. The van der Waals surface area contributed by atoms with E-state index >= 15 is 0 Å². The van der Waals surface area contributed by atoms with Crippen LogP contribution in [0, 0.1) is 0 Å². The van der Waals surface area contributed by atoms with Gasteiger partial charge < -0.3 is 44.6 Å². The molecule has 16 nitrogen and oxygen atoms in total. The van der Waals surface area contributed by atoms with Gasteiger partial charge in [-0.3, -0.25) is 23.2 Å². The molecule has 8 atom stereocenters. The highest BCUT2D eigenvalue weighted by Crippen LogP contribution is 2.49. The second-order valence-corrected chi connectivity index (χ2v) is 19.1. The maximum absolute atomic E-state index is 13.0.